The number of hydrogen-bond acceptors (Lipinski definition) is 3. The molecule has 0 bridgehead atoms. The summed E-state index contributed by atoms with van der Waals surface area (Å²) >= 11 is 0. The molecule has 0 unspecified atom stereocenters. The third kappa shape index (κ3) is 1.58. The van der Waals surface area contributed by atoms with Crippen LogP contribution in [0.3, 0.4) is 0 Å². The van der Waals surface area contributed by atoms with Crippen LogP contribution in [0.25, 0.3) is 0 Å². The van der Waals surface area contributed by atoms with E-state index >= 15 is 0 Å². The zero-order valence-electron chi connectivity index (χ0n) is 6.86. The molecule has 0 atom stereocenters. The van der Waals surface area contributed by atoms with Gasteiger partial charge >= 0.3 is 0 Å². The first-order chi connectivity index (χ1) is 6.27. The van der Waals surface area contributed by atoms with Crippen LogP contribution in [0, 0.1) is 0 Å². The Morgan fingerprint density at radius 2 is 2.00 bits per heavy atom. The second-order valence-electron chi connectivity index (χ2n) is 2.85. The van der Waals surface area contributed by atoms with Gasteiger partial charge in [0.2, 0.25) is 10.3 Å². The molecule has 1 aromatic rings. The summed E-state index contributed by atoms with van der Waals surface area (Å²) in [5.74, 6) is 0.789. The highest BCUT2D eigenvalue weighted by molar-refractivity contribution is 7.73. The number of ether oxygens (including phenoxy) is 1. The van der Waals surface area contributed by atoms with Gasteiger partial charge in [0.1, 0.15) is 12.4 Å². The summed E-state index contributed by atoms with van der Waals surface area (Å²) < 4.78 is 26.6. The molecular weight excluding hydrogens is 188 g/mol. The zero-order chi connectivity index (χ0) is 9.26. The number of hydrogen-bond donors (Lipinski definition) is 0. The van der Waals surface area contributed by atoms with Crippen molar-refractivity contribution in [3.05, 3.63) is 29.8 Å². The van der Waals surface area contributed by atoms with Gasteiger partial charge in [0.25, 0.3) is 0 Å². The van der Waals surface area contributed by atoms with E-state index in [-0.39, 0.29) is 6.61 Å². The Kier molecular flexibility index (Phi) is 2.06. The number of rotatable bonds is 0. The summed E-state index contributed by atoms with van der Waals surface area (Å²) in [7, 11) is -2.12. The molecule has 0 spiro atoms. The molecule has 13 heavy (non-hydrogen) atoms. The Bertz CT molecular complexity index is 452. The normalized spacial score (nSPS) is 14.6. The van der Waals surface area contributed by atoms with Gasteiger partial charge in [-0.2, -0.15) is 8.42 Å². The van der Waals surface area contributed by atoms with Crippen LogP contribution in [-0.2, 0) is 16.7 Å². The minimum atomic E-state index is -2.12. The Balaban J connectivity index is 2.46. The monoisotopic (exact) mass is 196 g/mol. The van der Waals surface area contributed by atoms with Gasteiger partial charge < -0.3 is 4.74 Å². The maximum Gasteiger partial charge on any atom is 0.217 e. The molecule has 0 aromatic heterocycles. The van der Waals surface area contributed by atoms with Crippen molar-refractivity contribution in [3.8, 4) is 5.75 Å². The first-order valence-electron chi connectivity index (χ1n) is 3.92. The van der Waals surface area contributed by atoms with Crippen molar-refractivity contribution in [1.82, 2.24) is 0 Å². The van der Waals surface area contributed by atoms with E-state index in [1.165, 1.54) is 0 Å². The number of fused-ring (bicyclic) bond motifs is 1. The fraction of sp³-hybridized carbons (Fsp3) is 0.222. The van der Waals surface area contributed by atoms with E-state index in [4.69, 9.17) is 4.74 Å². The average Bonchev–Trinajstić information content (AvgIpc) is 2.17. The van der Waals surface area contributed by atoms with Gasteiger partial charge in [-0.1, -0.05) is 18.2 Å². The zero-order valence-corrected chi connectivity index (χ0v) is 7.67. The predicted molar refractivity (Wildman–Crippen MR) is 49.6 cm³/mol. The lowest BCUT2D eigenvalue weighted by molar-refractivity contribution is 0.364. The van der Waals surface area contributed by atoms with E-state index in [2.05, 4.69) is 0 Å². The summed E-state index contributed by atoms with van der Waals surface area (Å²) in [6.07, 6.45) is 0.478. The summed E-state index contributed by atoms with van der Waals surface area (Å²) in [4.78, 5) is 0.415. The lowest BCUT2D eigenvalue weighted by Crippen LogP contribution is -2.21. The molecule has 3 nitrogen and oxygen atoms in total. The molecule has 1 aliphatic heterocycles. The number of benzene rings is 1. The highest BCUT2D eigenvalue weighted by Crippen LogP contribution is 2.22. The first kappa shape index (κ1) is 8.31. The predicted octanol–water partition coefficient (Wildman–Crippen LogP) is 0.673. The van der Waals surface area contributed by atoms with Crippen LogP contribution in [0.15, 0.2) is 24.3 Å². The van der Waals surface area contributed by atoms with E-state index in [1.54, 1.807) is 0 Å². The largest absolute Gasteiger partial charge is 0.488 e. The maximum absolute atomic E-state index is 10.6. The first-order valence-corrected chi connectivity index (χ1v) is 4.99. The Hall–Kier alpha value is -1.29. The molecule has 1 aliphatic rings. The van der Waals surface area contributed by atoms with Crippen molar-refractivity contribution >= 4 is 15.2 Å². The van der Waals surface area contributed by atoms with Crippen LogP contribution < -0.4 is 4.74 Å². The Labute approximate surface area is 77.5 Å². The standard InChI is InChI=1S/C9H8O3S/c10-13(11)8-5-7-3-1-2-4-9(7)12-6-8/h1-4H,5-6H2. The van der Waals surface area contributed by atoms with Gasteiger partial charge in [-0.15, -0.1) is 0 Å². The molecule has 1 aromatic carbocycles. The van der Waals surface area contributed by atoms with E-state index in [9.17, 15) is 8.42 Å². The van der Waals surface area contributed by atoms with Crippen molar-refractivity contribution in [2.24, 2.45) is 0 Å². The van der Waals surface area contributed by atoms with Crippen molar-refractivity contribution in [3.63, 3.8) is 0 Å². The van der Waals surface area contributed by atoms with Crippen LogP contribution in [0.5, 0.6) is 5.75 Å². The third-order valence-corrected chi connectivity index (χ3v) is 2.72. The lowest BCUT2D eigenvalue weighted by Gasteiger charge is -2.16. The van der Waals surface area contributed by atoms with Crippen molar-refractivity contribution in [2.75, 3.05) is 6.61 Å². The van der Waals surface area contributed by atoms with Crippen LogP contribution in [0.2, 0.25) is 0 Å². The molecule has 0 N–H and O–H groups in total. The van der Waals surface area contributed by atoms with E-state index in [1.807, 2.05) is 24.3 Å². The minimum absolute atomic E-state index is 0.188. The fourth-order valence-corrected chi connectivity index (χ4v) is 1.75. The van der Waals surface area contributed by atoms with Crippen molar-refractivity contribution < 1.29 is 13.2 Å². The molecule has 0 aliphatic carbocycles. The van der Waals surface area contributed by atoms with Gasteiger partial charge in [-0.05, 0) is 11.6 Å². The molecule has 0 radical (unpaired) electrons. The molecule has 68 valence electrons. The Morgan fingerprint density at radius 3 is 2.77 bits per heavy atom. The second-order valence-corrected chi connectivity index (χ2v) is 3.89. The van der Waals surface area contributed by atoms with Crippen LogP contribution in [-0.4, -0.2) is 19.9 Å². The van der Waals surface area contributed by atoms with Crippen molar-refractivity contribution in [1.29, 1.82) is 0 Å². The van der Waals surface area contributed by atoms with E-state index < -0.39 is 10.3 Å². The summed E-state index contributed by atoms with van der Waals surface area (Å²) in [6, 6.07) is 7.47. The fourth-order valence-electron chi connectivity index (χ4n) is 1.32. The minimum Gasteiger partial charge on any atom is -0.488 e. The maximum atomic E-state index is 10.6. The van der Waals surface area contributed by atoms with Crippen molar-refractivity contribution in [2.45, 2.75) is 6.42 Å². The smallest absolute Gasteiger partial charge is 0.217 e. The van der Waals surface area contributed by atoms with E-state index in [0.29, 0.717) is 11.3 Å². The summed E-state index contributed by atoms with van der Waals surface area (Å²) in [6.45, 7) is 0.188. The van der Waals surface area contributed by atoms with Gasteiger partial charge in [0.15, 0.2) is 0 Å². The van der Waals surface area contributed by atoms with E-state index in [0.717, 1.165) is 11.3 Å². The highest BCUT2D eigenvalue weighted by Gasteiger charge is 2.15. The lowest BCUT2D eigenvalue weighted by atomic mass is 10.1. The third-order valence-electron chi connectivity index (χ3n) is 1.98. The molecule has 4 heteroatoms. The SMILES string of the molecule is O=S(=O)=C1COc2ccccc2C1. The molecule has 2 rings (SSSR count). The Morgan fingerprint density at radius 1 is 1.23 bits per heavy atom. The van der Waals surface area contributed by atoms with Crippen LogP contribution >= 0.6 is 0 Å². The number of para-hydroxylation sites is 1. The topological polar surface area (TPSA) is 43.4 Å². The molecular formula is C9H8O3S. The second kappa shape index (κ2) is 3.22. The average molecular weight is 196 g/mol. The summed E-state index contributed by atoms with van der Waals surface area (Å²) in [5.41, 5.74) is 0.938. The molecule has 0 fully saturated rings. The van der Waals surface area contributed by atoms with Gasteiger partial charge in [-0.3, -0.25) is 0 Å². The van der Waals surface area contributed by atoms with Gasteiger partial charge in [0.05, 0.1) is 4.86 Å². The van der Waals surface area contributed by atoms with Crippen LogP contribution in [0.1, 0.15) is 5.56 Å². The quantitative estimate of drug-likeness (QED) is 0.573. The summed E-state index contributed by atoms with van der Waals surface area (Å²) in [5, 5.41) is 0. The highest BCUT2D eigenvalue weighted by atomic mass is 32.2. The van der Waals surface area contributed by atoms with Crippen LogP contribution in [0.4, 0.5) is 0 Å². The van der Waals surface area contributed by atoms with Gasteiger partial charge in [0, 0.05) is 6.42 Å². The molecule has 1 heterocycles. The molecule has 0 saturated heterocycles. The molecule has 0 amide bonds. The molecule has 0 saturated carbocycles. The van der Waals surface area contributed by atoms with Gasteiger partial charge in [-0.25, -0.2) is 0 Å².